The molecule has 1 N–H and O–H groups in total. The van der Waals surface area contributed by atoms with Crippen molar-refractivity contribution in [3.8, 4) is 0 Å². The van der Waals surface area contributed by atoms with Crippen molar-refractivity contribution < 1.29 is 13.6 Å². The van der Waals surface area contributed by atoms with Gasteiger partial charge in [0.1, 0.15) is 0 Å². The quantitative estimate of drug-likeness (QED) is 0.585. The first-order valence-electron chi connectivity index (χ1n) is 8.71. The number of amides is 1. The lowest BCUT2D eigenvalue weighted by molar-refractivity contribution is 0.0743. The fraction of sp³-hybridized carbons (Fsp3) is 0.143. The first kappa shape index (κ1) is 17.9. The highest BCUT2D eigenvalue weighted by Crippen LogP contribution is 2.28. The van der Waals surface area contributed by atoms with Crippen LogP contribution in [0.3, 0.4) is 0 Å². The maximum Gasteiger partial charge on any atom is 0.255 e. The number of carbonyl (C=O) groups is 1. The van der Waals surface area contributed by atoms with Crippen LogP contribution in [0.25, 0.3) is 16.3 Å². The van der Waals surface area contributed by atoms with Crippen molar-refractivity contribution >= 4 is 22.2 Å². The molecule has 142 valence electrons. The number of nitrogens with one attached hydrogen (secondary N) is 1. The van der Waals surface area contributed by atoms with Crippen molar-refractivity contribution in [1.82, 2.24) is 14.3 Å². The Bertz CT molecular complexity index is 1280. The number of benzene rings is 1. The largest absolute Gasteiger partial charge is 0.335 e. The van der Waals surface area contributed by atoms with Crippen molar-refractivity contribution in [2.24, 2.45) is 0 Å². The summed E-state index contributed by atoms with van der Waals surface area (Å²) >= 11 is 0. The highest BCUT2D eigenvalue weighted by atomic mass is 19.2. The van der Waals surface area contributed by atoms with E-state index in [2.05, 4.69) is 4.98 Å². The second-order valence-electron chi connectivity index (χ2n) is 6.73. The summed E-state index contributed by atoms with van der Waals surface area (Å²) in [5.74, 6) is -2.36. The first-order chi connectivity index (χ1) is 13.4. The molecule has 0 saturated heterocycles. The van der Waals surface area contributed by atoms with Crippen LogP contribution in [0.15, 0.2) is 59.8 Å². The zero-order valence-electron chi connectivity index (χ0n) is 15.2. The van der Waals surface area contributed by atoms with E-state index in [1.165, 1.54) is 11.1 Å². The predicted octanol–water partition coefficient (Wildman–Crippen LogP) is 3.89. The summed E-state index contributed by atoms with van der Waals surface area (Å²) in [6, 6.07) is 8.67. The zero-order valence-corrected chi connectivity index (χ0v) is 15.2. The van der Waals surface area contributed by atoms with Gasteiger partial charge in [-0.1, -0.05) is 0 Å². The number of carbonyl (C=O) groups excluding carboxylic acids is 1. The molecule has 5 nitrogen and oxygen atoms in total. The smallest absolute Gasteiger partial charge is 0.255 e. The molecule has 3 heterocycles. The second kappa shape index (κ2) is 6.60. The molecule has 4 aromatic rings. The van der Waals surface area contributed by atoms with E-state index in [0.29, 0.717) is 11.1 Å². The molecule has 0 radical (unpaired) electrons. The molecule has 0 bridgehead atoms. The summed E-state index contributed by atoms with van der Waals surface area (Å²) in [7, 11) is 1.63. The molecule has 4 rings (SSSR count). The topological polar surface area (TPSA) is 57.6 Å². The maximum absolute atomic E-state index is 13.8. The van der Waals surface area contributed by atoms with Crippen LogP contribution in [0, 0.1) is 11.6 Å². The second-order valence-corrected chi connectivity index (χ2v) is 6.73. The average molecular weight is 381 g/mol. The monoisotopic (exact) mass is 381 g/mol. The minimum Gasteiger partial charge on any atom is -0.335 e. The van der Waals surface area contributed by atoms with E-state index in [9.17, 15) is 18.4 Å². The van der Waals surface area contributed by atoms with Crippen LogP contribution >= 0.6 is 0 Å². The Hall–Kier alpha value is -3.48. The van der Waals surface area contributed by atoms with Crippen LogP contribution in [-0.2, 0) is 0 Å². The van der Waals surface area contributed by atoms with Gasteiger partial charge < -0.3 is 14.3 Å². The molecule has 0 unspecified atom stereocenters. The minimum absolute atomic E-state index is 0.0405. The van der Waals surface area contributed by atoms with Crippen molar-refractivity contribution in [2.45, 2.75) is 13.0 Å². The van der Waals surface area contributed by atoms with Gasteiger partial charge in [0, 0.05) is 36.7 Å². The standard InChI is InChI=1S/C21H17F2N3O2/c1-12(17-11-24-20(27)16-10-19(23)18(22)9-15(16)17)25(2)21(28)13-5-7-26-6-3-4-14(26)8-13/h3-12H,1-2H3,(H,24,27)/t12-/m1/s1. The number of aromatic amines is 1. The van der Waals surface area contributed by atoms with Crippen LogP contribution in [0.1, 0.15) is 28.9 Å². The van der Waals surface area contributed by atoms with Gasteiger partial charge in [0.25, 0.3) is 11.5 Å². The molecule has 3 aromatic heterocycles. The number of aromatic nitrogens is 2. The first-order valence-corrected chi connectivity index (χ1v) is 8.71. The summed E-state index contributed by atoms with van der Waals surface area (Å²) in [5, 5.41) is 0.315. The van der Waals surface area contributed by atoms with Crippen LogP contribution in [0.2, 0.25) is 0 Å². The van der Waals surface area contributed by atoms with Crippen LogP contribution in [0.4, 0.5) is 8.78 Å². The molecular weight excluding hydrogens is 364 g/mol. The van der Waals surface area contributed by atoms with E-state index in [-0.39, 0.29) is 16.7 Å². The van der Waals surface area contributed by atoms with Gasteiger partial charge in [0.05, 0.1) is 11.4 Å². The summed E-state index contributed by atoms with van der Waals surface area (Å²) in [6.45, 7) is 1.77. The van der Waals surface area contributed by atoms with Crippen LogP contribution in [0.5, 0.6) is 0 Å². The maximum atomic E-state index is 13.8. The Labute approximate surface area is 158 Å². The number of fused-ring (bicyclic) bond motifs is 2. The molecular formula is C21H17F2N3O2. The van der Waals surface area contributed by atoms with Gasteiger partial charge in [-0.3, -0.25) is 9.59 Å². The highest BCUT2D eigenvalue weighted by molar-refractivity contribution is 5.96. The molecule has 0 aliphatic rings. The number of halogens is 2. The van der Waals surface area contributed by atoms with Gasteiger partial charge in [-0.2, -0.15) is 0 Å². The Morgan fingerprint density at radius 3 is 2.57 bits per heavy atom. The molecule has 0 aliphatic carbocycles. The van der Waals surface area contributed by atoms with E-state index < -0.39 is 23.2 Å². The van der Waals surface area contributed by atoms with E-state index in [1.807, 2.05) is 22.7 Å². The molecule has 0 saturated carbocycles. The Balaban J connectivity index is 1.75. The van der Waals surface area contributed by atoms with Gasteiger partial charge in [0.2, 0.25) is 0 Å². The molecule has 1 atom stereocenters. The van der Waals surface area contributed by atoms with E-state index >= 15 is 0 Å². The Kier molecular flexibility index (Phi) is 4.22. The van der Waals surface area contributed by atoms with Gasteiger partial charge in [-0.05, 0) is 54.3 Å². The van der Waals surface area contributed by atoms with Gasteiger partial charge in [-0.25, -0.2) is 8.78 Å². The highest BCUT2D eigenvalue weighted by Gasteiger charge is 2.22. The number of pyridine rings is 2. The summed E-state index contributed by atoms with van der Waals surface area (Å²) in [6.07, 6.45) is 5.12. The average Bonchev–Trinajstić information content (AvgIpc) is 3.16. The number of nitrogens with zero attached hydrogens (tertiary/aromatic N) is 2. The van der Waals surface area contributed by atoms with E-state index in [0.717, 1.165) is 17.6 Å². The summed E-state index contributed by atoms with van der Waals surface area (Å²) in [5.41, 5.74) is 1.40. The number of rotatable bonds is 3. The van der Waals surface area contributed by atoms with E-state index in [1.54, 1.807) is 32.3 Å². The Morgan fingerprint density at radius 1 is 1.11 bits per heavy atom. The van der Waals surface area contributed by atoms with Gasteiger partial charge in [0.15, 0.2) is 11.6 Å². The third kappa shape index (κ3) is 2.85. The lowest BCUT2D eigenvalue weighted by Crippen LogP contribution is -2.30. The predicted molar refractivity (Wildman–Crippen MR) is 102 cm³/mol. The van der Waals surface area contributed by atoms with Crippen LogP contribution < -0.4 is 5.56 Å². The normalized spacial score (nSPS) is 12.4. The zero-order chi connectivity index (χ0) is 20.0. The molecule has 0 spiro atoms. The fourth-order valence-corrected chi connectivity index (χ4v) is 3.37. The molecule has 1 aromatic carbocycles. The molecule has 7 heteroatoms. The number of hydrogen-bond acceptors (Lipinski definition) is 2. The number of H-pyrrole nitrogens is 1. The third-order valence-corrected chi connectivity index (χ3v) is 5.10. The number of hydrogen-bond donors (Lipinski definition) is 1. The SMILES string of the molecule is C[C@H](c1c[nH]c(=O)c2cc(F)c(F)cc12)N(C)C(=O)c1ccn2cccc2c1. The molecule has 0 fully saturated rings. The fourth-order valence-electron chi connectivity index (χ4n) is 3.37. The Morgan fingerprint density at radius 2 is 1.82 bits per heavy atom. The van der Waals surface area contributed by atoms with Crippen molar-refractivity contribution in [3.63, 3.8) is 0 Å². The van der Waals surface area contributed by atoms with E-state index in [4.69, 9.17) is 0 Å². The summed E-state index contributed by atoms with van der Waals surface area (Å²) in [4.78, 5) is 29.0. The summed E-state index contributed by atoms with van der Waals surface area (Å²) < 4.78 is 29.3. The van der Waals surface area contributed by atoms with Crippen LogP contribution in [-0.4, -0.2) is 27.2 Å². The van der Waals surface area contributed by atoms with Crippen molar-refractivity contribution in [3.05, 3.63) is 88.1 Å². The minimum atomic E-state index is -1.09. The van der Waals surface area contributed by atoms with Crippen molar-refractivity contribution in [2.75, 3.05) is 7.05 Å². The van der Waals surface area contributed by atoms with Gasteiger partial charge >= 0.3 is 0 Å². The van der Waals surface area contributed by atoms with Gasteiger partial charge in [-0.15, -0.1) is 0 Å². The molecule has 0 aliphatic heterocycles. The molecule has 1 amide bonds. The van der Waals surface area contributed by atoms with Crippen molar-refractivity contribution in [1.29, 1.82) is 0 Å². The lowest BCUT2D eigenvalue weighted by atomic mass is 10.0. The molecule has 28 heavy (non-hydrogen) atoms. The third-order valence-electron chi connectivity index (χ3n) is 5.10. The lowest BCUT2D eigenvalue weighted by Gasteiger charge is -2.26.